The van der Waals surface area contributed by atoms with E-state index in [1.807, 2.05) is 24.3 Å². The minimum atomic E-state index is -0.0133. The number of nitrogens with zero attached hydrogens (tertiary/aromatic N) is 2. The molecule has 0 atom stereocenters. The van der Waals surface area contributed by atoms with Crippen LogP contribution in [0.5, 0.6) is 0 Å². The Labute approximate surface area is 171 Å². The summed E-state index contributed by atoms with van der Waals surface area (Å²) in [5.74, 6) is -0.0133. The Morgan fingerprint density at radius 3 is 2.52 bits per heavy atom. The van der Waals surface area contributed by atoms with E-state index >= 15 is 0 Å². The largest absolute Gasteiger partial charge is 0.367 e. The lowest BCUT2D eigenvalue weighted by Gasteiger charge is -2.36. The van der Waals surface area contributed by atoms with E-state index < -0.39 is 0 Å². The molecule has 1 amide bonds. The maximum absolute atomic E-state index is 12.5. The van der Waals surface area contributed by atoms with Crippen LogP contribution in [0.2, 0.25) is 10.0 Å². The Balaban J connectivity index is 1.61. The molecule has 6 heteroatoms. The van der Waals surface area contributed by atoms with Gasteiger partial charge in [0.2, 0.25) is 5.91 Å². The van der Waals surface area contributed by atoms with E-state index in [2.05, 4.69) is 28.1 Å². The number of hydrogen-bond donors (Lipinski definition) is 1. The van der Waals surface area contributed by atoms with Gasteiger partial charge in [0.1, 0.15) is 0 Å². The summed E-state index contributed by atoms with van der Waals surface area (Å²) >= 11 is 12.1. The van der Waals surface area contributed by atoms with Crippen LogP contribution in [-0.4, -0.2) is 43.5 Å². The SMILES string of the molecule is CCN1CCN(c2ccccc2NC(=O)CCc2ccc(Cl)cc2Cl)CC1. The smallest absolute Gasteiger partial charge is 0.224 e. The topological polar surface area (TPSA) is 35.6 Å². The number of aryl methyl sites for hydroxylation is 1. The van der Waals surface area contributed by atoms with Gasteiger partial charge in [0.25, 0.3) is 0 Å². The second-order valence-corrected chi connectivity index (χ2v) is 7.57. The molecular formula is C21H25Cl2N3O. The van der Waals surface area contributed by atoms with Gasteiger partial charge in [-0.2, -0.15) is 0 Å². The van der Waals surface area contributed by atoms with Crippen LogP contribution in [0.3, 0.4) is 0 Å². The summed E-state index contributed by atoms with van der Waals surface area (Å²) in [6.45, 7) is 7.32. The third kappa shape index (κ3) is 5.38. The Morgan fingerprint density at radius 2 is 1.81 bits per heavy atom. The number of carbonyl (C=O) groups excluding carboxylic acids is 1. The van der Waals surface area contributed by atoms with E-state index in [0.717, 1.165) is 49.7 Å². The molecule has 0 saturated carbocycles. The predicted octanol–water partition coefficient (Wildman–Crippen LogP) is 4.71. The van der Waals surface area contributed by atoms with Crippen LogP contribution in [-0.2, 0) is 11.2 Å². The van der Waals surface area contributed by atoms with E-state index in [9.17, 15) is 4.79 Å². The lowest BCUT2D eigenvalue weighted by molar-refractivity contribution is -0.116. The van der Waals surface area contributed by atoms with Crippen LogP contribution in [0.1, 0.15) is 18.9 Å². The molecular weight excluding hydrogens is 381 g/mol. The normalized spacial score (nSPS) is 15.0. The van der Waals surface area contributed by atoms with Crippen molar-refractivity contribution in [1.82, 2.24) is 4.90 Å². The quantitative estimate of drug-likeness (QED) is 0.755. The lowest BCUT2D eigenvalue weighted by atomic mass is 10.1. The summed E-state index contributed by atoms with van der Waals surface area (Å²) in [7, 11) is 0. The molecule has 2 aromatic carbocycles. The number of para-hydroxylation sites is 2. The molecule has 0 aromatic heterocycles. The molecule has 0 aliphatic carbocycles. The van der Waals surface area contributed by atoms with Crippen molar-refractivity contribution < 1.29 is 4.79 Å². The monoisotopic (exact) mass is 405 g/mol. The summed E-state index contributed by atoms with van der Waals surface area (Å²) in [6.07, 6.45) is 0.957. The fourth-order valence-corrected chi connectivity index (χ4v) is 3.85. The van der Waals surface area contributed by atoms with Gasteiger partial charge in [-0.05, 0) is 42.8 Å². The highest BCUT2D eigenvalue weighted by Gasteiger charge is 2.18. The van der Waals surface area contributed by atoms with Crippen molar-refractivity contribution in [3.8, 4) is 0 Å². The second-order valence-electron chi connectivity index (χ2n) is 6.72. The zero-order valence-corrected chi connectivity index (χ0v) is 17.1. The minimum Gasteiger partial charge on any atom is -0.367 e. The number of hydrogen-bond acceptors (Lipinski definition) is 3. The van der Waals surface area contributed by atoms with E-state index in [4.69, 9.17) is 23.2 Å². The molecule has 1 aliphatic heterocycles. The molecule has 1 heterocycles. The number of likely N-dealkylation sites (N-methyl/N-ethyl adjacent to an activating group) is 1. The Kier molecular flexibility index (Phi) is 7.00. The number of piperazine rings is 1. The maximum Gasteiger partial charge on any atom is 0.224 e. The van der Waals surface area contributed by atoms with Gasteiger partial charge in [0.05, 0.1) is 11.4 Å². The number of benzene rings is 2. The number of amides is 1. The maximum atomic E-state index is 12.5. The van der Waals surface area contributed by atoms with Gasteiger partial charge in [-0.3, -0.25) is 4.79 Å². The Hall–Kier alpha value is -1.75. The number of nitrogens with one attached hydrogen (secondary N) is 1. The predicted molar refractivity (Wildman–Crippen MR) is 114 cm³/mol. The van der Waals surface area contributed by atoms with Gasteiger partial charge in [-0.15, -0.1) is 0 Å². The summed E-state index contributed by atoms with van der Waals surface area (Å²) in [5, 5.41) is 4.27. The van der Waals surface area contributed by atoms with Gasteiger partial charge in [-0.1, -0.05) is 48.3 Å². The molecule has 3 rings (SSSR count). The Bertz CT molecular complexity index is 789. The molecule has 0 spiro atoms. The first kappa shape index (κ1) is 20.0. The molecule has 1 aliphatic rings. The van der Waals surface area contributed by atoms with Crippen LogP contribution in [0.15, 0.2) is 42.5 Å². The zero-order chi connectivity index (χ0) is 19.2. The van der Waals surface area contributed by atoms with Gasteiger partial charge in [-0.25, -0.2) is 0 Å². The van der Waals surface area contributed by atoms with Gasteiger partial charge in [0.15, 0.2) is 0 Å². The third-order valence-corrected chi connectivity index (χ3v) is 5.56. The first-order valence-corrected chi connectivity index (χ1v) is 10.1. The van der Waals surface area contributed by atoms with Crippen molar-refractivity contribution in [1.29, 1.82) is 0 Å². The average Bonchev–Trinajstić information content (AvgIpc) is 2.68. The summed E-state index contributed by atoms with van der Waals surface area (Å²) < 4.78 is 0. The fraction of sp³-hybridized carbons (Fsp3) is 0.381. The number of anilines is 2. The van der Waals surface area contributed by atoms with E-state index in [1.54, 1.807) is 12.1 Å². The van der Waals surface area contributed by atoms with E-state index in [1.165, 1.54) is 0 Å². The van der Waals surface area contributed by atoms with Gasteiger partial charge >= 0.3 is 0 Å². The van der Waals surface area contributed by atoms with Crippen LogP contribution in [0, 0.1) is 0 Å². The lowest BCUT2D eigenvalue weighted by Crippen LogP contribution is -2.46. The summed E-state index contributed by atoms with van der Waals surface area (Å²) in [4.78, 5) is 17.3. The van der Waals surface area contributed by atoms with Crippen molar-refractivity contribution in [2.24, 2.45) is 0 Å². The molecule has 1 N–H and O–H groups in total. The van der Waals surface area contributed by atoms with Crippen LogP contribution >= 0.6 is 23.2 Å². The zero-order valence-electron chi connectivity index (χ0n) is 15.5. The summed E-state index contributed by atoms with van der Waals surface area (Å²) in [6, 6.07) is 13.4. The number of rotatable bonds is 6. The van der Waals surface area contributed by atoms with E-state index in [0.29, 0.717) is 22.9 Å². The summed E-state index contributed by atoms with van der Waals surface area (Å²) in [5.41, 5.74) is 2.89. The Morgan fingerprint density at radius 1 is 1.07 bits per heavy atom. The minimum absolute atomic E-state index is 0.0133. The highest BCUT2D eigenvalue weighted by Crippen LogP contribution is 2.27. The molecule has 0 radical (unpaired) electrons. The van der Waals surface area contributed by atoms with Crippen LogP contribution in [0.4, 0.5) is 11.4 Å². The molecule has 1 fully saturated rings. The third-order valence-electron chi connectivity index (χ3n) is 4.97. The van der Waals surface area contributed by atoms with Crippen molar-refractivity contribution >= 4 is 40.5 Å². The van der Waals surface area contributed by atoms with Crippen molar-refractivity contribution in [3.05, 3.63) is 58.1 Å². The van der Waals surface area contributed by atoms with Gasteiger partial charge in [0, 0.05) is 42.6 Å². The molecule has 27 heavy (non-hydrogen) atoms. The number of carbonyl (C=O) groups is 1. The molecule has 4 nitrogen and oxygen atoms in total. The van der Waals surface area contributed by atoms with Crippen molar-refractivity contribution in [2.75, 3.05) is 42.9 Å². The highest BCUT2D eigenvalue weighted by molar-refractivity contribution is 6.35. The van der Waals surface area contributed by atoms with Crippen LogP contribution < -0.4 is 10.2 Å². The number of halogens is 2. The first-order chi connectivity index (χ1) is 13.1. The molecule has 0 unspecified atom stereocenters. The van der Waals surface area contributed by atoms with Crippen molar-refractivity contribution in [3.63, 3.8) is 0 Å². The fourth-order valence-electron chi connectivity index (χ4n) is 3.35. The average molecular weight is 406 g/mol. The second kappa shape index (κ2) is 9.45. The first-order valence-electron chi connectivity index (χ1n) is 9.37. The molecule has 2 aromatic rings. The van der Waals surface area contributed by atoms with Gasteiger partial charge < -0.3 is 15.1 Å². The highest BCUT2D eigenvalue weighted by atomic mass is 35.5. The standard InChI is InChI=1S/C21H25Cl2N3O/c1-2-25-11-13-26(14-12-25)20-6-4-3-5-19(20)24-21(27)10-8-16-7-9-17(22)15-18(16)23/h3-7,9,15H,2,8,10-14H2,1H3,(H,24,27). The molecule has 0 bridgehead atoms. The van der Waals surface area contributed by atoms with Crippen molar-refractivity contribution in [2.45, 2.75) is 19.8 Å². The van der Waals surface area contributed by atoms with Crippen LogP contribution in [0.25, 0.3) is 0 Å². The van der Waals surface area contributed by atoms with E-state index in [-0.39, 0.29) is 5.91 Å². The molecule has 144 valence electrons. The molecule has 1 saturated heterocycles.